The van der Waals surface area contributed by atoms with E-state index in [-0.39, 0.29) is 13.0 Å². The molecule has 2 atom stereocenters. The van der Waals surface area contributed by atoms with Crippen LogP contribution in [0.3, 0.4) is 0 Å². The van der Waals surface area contributed by atoms with E-state index in [1.807, 2.05) is 31.2 Å². The Morgan fingerprint density at radius 1 is 1.19 bits per heavy atom. The average molecular weight is 472 g/mol. The van der Waals surface area contributed by atoms with Crippen molar-refractivity contribution in [2.75, 3.05) is 24.5 Å². The number of rotatable bonds is 4. The van der Waals surface area contributed by atoms with Gasteiger partial charge in [0.1, 0.15) is 11.2 Å². The summed E-state index contributed by atoms with van der Waals surface area (Å²) in [6.45, 7) is 6.50. The van der Waals surface area contributed by atoms with Gasteiger partial charge in [0, 0.05) is 43.3 Å². The van der Waals surface area contributed by atoms with Crippen LogP contribution in [0.1, 0.15) is 32.4 Å². The number of aromatic nitrogens is 1. The fourth-order valence-corrected chi connectivity index (χ4v) is 3.98. The maximum absolute atomic E-state index is 10.4. The van der Waals surface area contributed by atoms with E-state index in [4.69, 9.17) is 11.6 Å². The third-order valence-electron chi connectivity index (χ3n) is 4.30. The molecule has 2 aromatic rings. The first kappa shape index (κ1) is 25.3. The van der Waals surface area contributed by atoms with E-state index < -0.39 is 12.3 Å². The highest BCUT2D eigenvalue weighted by Crippen LogP contribution is 2.29. The molecule has 1 saturated heterocycles. The highest BCUT2D eigenvalue weighted by Gasteiger charge is 2.26. The number of aliphatic hydroxyl groups excluding tert-OH is 1. The summed E-state index contributed by atoms with van der Waals surface area (Å²) in [5, 5.41) is 10.2. The molecule has 1 aromatic carbocycles. The molecule has 0 bridgehead atoms. The zero-order valence-corrected chi connectivity index (χ0v) is 19.1. The van der Waals surface area contributed by atoms with Gasteiger partial charge in [0.2, 0.25) is 0 Å². The van der Waals surface area contributed by atoms with Crippen LogP contribution in [-0.2, 0) is 0 Å². The number of hydrogen-bond donors (Lipinski definition) is 1. The van der Waals surface area contributed by atoms with Gasteiger partial charge in [-0.25, -0.2) is 9.29 Å². The van der Waals surface area contributed by atoms with E-state index in [0.29, 0.717) is 5.15 Å². The number of pyridine rings is 1. The van der Waals surface area contributed by atoms with Crippen molar-refractivity contribution in [1.82, 2.24) is 9.29 Å². The molecule has 2 unspecified atom stereocenters. The molecule has 0 amide bonds. The summed E-state index contributed by atoms with van der Waals surface area (Å²) in [6, 6.07) is 12.0. The Labute approximate surface area is 190 Å². The van der Waals surface area contributed by atoms with E-state index in [2.05, 4.69) is 38.2 Å². The normalized spacial score (nSPS) is 17.8. The molecule has 0 saturated carbocycles. The summed E-state index contributed by atoms with van der Waals surface area (Å²) in [6.07, 6.45) is -2.65. The number of aliphatic hydroxyl groups is 1. The topological polar surface area (TPSA) is 39.6 Å². The molecule has 2 heterocycles. The molecule has 1 aromatic heterocycles. The first-order valence-electron chi connectivity index (χ1n) is 9.65. The predicted molar refractivity (Wildman–Crippen MR) is 120 cm³/mol. The molecule has 0 aliphatic carbocycles. The average Bonchev–Trinajstić information content (AvgIpc) is 2.69. The Balaban J connectivity index is 0.000000614. The van der Waals surface area contributed by atoms with Crippen molar-refractivity contribution in [3.8, 4) is 11.8 Å². The Kier molecular flexibility index (Phi) is 9.51. The van der Waals surface area contributed by atoms with Crippen LogP contribution in [0, 0.1) is 11.8 Å². The number of nitrogens with zero attached hydrogens (tertiary/aromatic N) is 3. The van der Waals surface area contributed by atoms with E-state index in [0.717, 1.165) is 35.8 Å². The summed E-state index contributed by atoms with van der Waals surface area (Å²) in [7, 11) is 0. The first-order chi connectivity index (χ1) is 14.6. The number of benzene rings is 1. The van der Waals surface area contributed by atoms with Crippen molar-refractivity contribution in [2.24, 2.45) is 0 Å². The molecule has 9 heteroatoms. The highest BCUT2D eigenvalue weighted by molar-refractivity contribution is 7.97. The smallest absolute Gasteiger partial charge is 0.386 e. The van der Waals surface area contributed by atoms with E-state index in [1.165, 1.54) is 0 Å². The highest BCUT2D eigenvalue weighted by atomic mass is 35.5. The fraction of sp³-hybridized carbons (Fsp3) is 0.409. The molecular formula is C22H25ClF3N3OS. The van der Waals surface area contributed by atoms with Crippen molar-refractivity contribution in [3.05, 3.63) is 53.3 Å². The van der Waals surface area contributed by atoms with Gasteiger partial charge in [-0.05, 0) is 55.6 Å². The Morgan fingerprint density at radius 3 is 2.35 bits per heavy atom. The van der Waals surface area contributed by atoms with Gasteiger partial charge in [-0.1, -0.05) is 29.7 Å². The van der Waals surface area contributed by atoms with E-state index >= 15 is 0 Å². The Bertz CT molecular complexity index is 874. The van der Waals surface area contributed by atoms with Crippen molar-refractivity contribution in [1.29, 1.82) is 0 Å². The Hall–Kier alpha value is -1.92. The van der Waals surface area contributed by atoms with Crippen LogP contribution in [0.4, 0.5) is 18.9 Å². The van der Waals surface area contributed by atoms with Gasteiger partial charge in [0.15, 0.2) is 0 Å². The predicted octanol–water partition coefficient (Wildman–Crippen LogP) is 5.58. The van der Waals surface area contributed by atoms with Gasteiger partial charge < -0.3 is 10.0 Å². The first-order valence-corrected chi connectivity index (χ1v) is 10.8. The lowest BCUT2D eigenvalue weighted by Gasteiger charge is -2.40. The third-order valence-corrected chi connectivity index (χ3v) is 5.56. The minimum absolute atomic E-state index is 0.124. The molecule has 31 heavy (non-hydrogen) atoms. The molecule has 1 aliphatic rings. The summed E-state index contributed by atoms with van der Waals surface area (Å²) in [5.74, 6) is 6.39. The maximum Gasteiger partial charge on any atom is 0.386 e. The van der Waals surface area contributed by atoms with Gasteiger partial charge >= 0.3 is 6.18 Å². The van der Waals surface area contributed by atoms with Gasteiger partial charge in [0.25, 0.3) is 0 Å². The second-order valence-corrected chi connectivity index (χ2v) is 8.51. The summed E-state index contributed by atoms with van der Waals surface area (Å²) >= 11 is 7.55. The van der Waals surface area contributed by atoms with Crippen LogP contribution >= 0.6 is 23.5 Å². The van der Waals surface area contributed by atoms with Gasteiger partial charge in [-0.15, -0.1) is 5.92 Å². The fourth-order valence-electron chi connectivity index (χ4n) is 2.95. The molecule has 4 nitrogen and oxygen atoms in total. The SMILES string of the molecule is CC#CC1CN(Sc2ccc(Cl)nc2)CCN1c1ccc(C(C)O)cc1.CC(F)(F)F. The van der Waals surface area contributed by atoms with Gasteiger partial charge in [-0.3, -0.25) is 0 Å². The lowest BCUT2D eigenvalue weighted by molar-refractivity contribution is -0.110. The largest absolute Gasteiger partial charge is 0.389 e. The number of halogens is 4. The van der Waals surface area contributed by atoms with Crippen LogP contribution < -0.4 is 4.90 Å². The second-order valence-electron chi connectivity index (χ2n) is 6.95. The van der Waals surface area contributed by atoms with Crippen molar-refractivity contribution in [2.45, 2.75) is 44.0 Å². The number of alkyl halides is 3. The molecule has 1 fully saturated rings. The quantitative estimate of drug-likeness (QED) is 0.358. The molecule has 1 N–H and O–H groups in total. The van der Waals surface area contributed by atoms with Crippen molar-refractivity contribution >= 4 is 29.2 Å². The monoisotopic (exact) mass is 471 g/mol. The second kappa shape index (κ2) is 11.6. The van der Waals surface area contributed by atoms with Crippen LogP contribution in [0.15, 0.2) is 47.5 Å². The van der Waals surface area contributed by atoms with Gasteiger partial charge in [0.05, 0.1) is 6.10 Å². The van der Waals surface area contributed by atoms with Crippen molar-refractivity contribution in [3.63, 3.8) is 0 Å². The zero-order chi connectivity index (χ0) is 23.0. The molecule has 3 rings (SSSR count). The zero-order valence-electron chi connectivity index (χ0n) is 17.5. The van der Waals surface area contributed by atoms with Crippen molar-refractivity contribution < 1.29 is 18.3 Å². The minimum Gasteiger partial charge on any atom is -0.389 e. The maximum atomic E-state index is 10.4. The number of piperazine rings is 1. The van der Waals surface area contributed by atoms with Crippen LogP contribution in [0.25, 0.3) is 0 Å². The standard InChI is InChI=1S/C20H22ClN3OS.C2H3F3/c1-3-4-18-14-23(26-19-9-10-20(21)22-13-19)11-12-24(18)17-7-5-16(6-8-17)15(2)25;1-2(3,4)5/h5-10,13,15,18,25H,11-12,14H2,1-2H3;1H3. The van der Waals surface area contributed by atoms with Crippen LogP contribution in [0.5, 0.6) is 0 Å². The molecule has 1 aliphatic heterocycles. The number of hydrogen-bond acceptors (Lipinski definition) is 5. The number of anilines is 1. The third kappa shape index (κ3) is 8.99. The van der Waals surface area contributed by atoms with E-state index in [1.54, 1.807) is 25.1 Å². The summed E-state index contributed by atoms with van der Waals surface area (Å²) < 4.78 is 33.4. The summed E-state index contributed by atoms with van der Waals surface area (Å²) in [5.41, 5.74) is 2.07. The molecule has 0 radical (unpaired) electrons. The van der Waals surface area contributed by atoms with Gasteiger partial charge in [-0.2, -0.15) is 13.2 Å². The van der Waals surface area contributed by atoms with Crippen LogP contribution in [-0.4, -0.2) is 46.2 Å². The summed E-state index contributed by atoms with van der Waals surface area (Å²) in [4.78, 5) is 7.55. The minimum atomic E-state index is -4.00. The molecule has 168 valence electrons. The molecular weight excluding hydrogens is 447 g/mol. The Morgan fingerprint density at radius 2 is 1.84 bits per heavy atom. The lowest BCUT2D eigenvalue weighted by atomic mass is 10.1. The van der Waals surface area contributed by atoms with E-state index in [9.17, 15) is 18.3 Å². The molecule has 0 spiro atoms. The van der Waals surface area contributed by atoms with Crippen LogP contribution in [0.2, 0.25) is 5.15 Å². The lowest BCUT2D eigenvalue weighted by Crippen LogP contribution is -2.50.